The molecule has 0 saturated heterocycles. The Morgan fingerprint density at radius 1 is 1.47 bits per heavy atom. The molecule has 90 valence electrons. The van der Waals surface area contributed by atoms with Crippen LogP contribution in [-0.2, 0) is 13.6 Å². The minimum absolute atomic E-state index is 0.296. The van der Waals surface area contributed by atoms with Crippen molar-refractivity contribution >= 4 is 11.6 Å². The minimum atomic E-state index is -0.296. The molecule has 1 N–H and O–H groups in total. The number of nitrogens with one attached hydrogen (secondary N) is 1. The third kappa shape index (κ3) is 2.33. The Bertz CT molecular complexity index is 537. The molecule has 0 aliphatic rings. The van der Waals surface area contributed by atoms with Crippen molar-refractivity contribution in [2.45, 2.75) is 6.54 Å². The second-order valence-corrected chi connectivity index (χ2v) is 4.24. The lowest BCUT2D eigenvalue weighted by atomic mass is 10.1. The number of hydrogen-bond donors (Lipinski definition) is 1. The van der Waals surface area contributed by atoms with Gasteiger partial charge in [-0.05, 0) is 25.2 Å². The molecular formula is C12H13ClFN3. The van der Waals surface area contributed by atoms with E-state index in [2.05, 4.69) is 10.3 Å². The van der Waals surface area contributed by atoms with Gasteiger partial charge in [-0.15, -0.1) is 0 Å². The monoisotopic (exact) mass is 253 g/mol. The molecule has 0 aliphatic heterocycles. The summed E-state index contributed by atoms with van der Waals surface area (Å²) in [5.41, 5.74) is 2.03. The molecule has 0 saturated carbocycles. The third-order valence-corrected chi connectivity index (χ3v) is 2.78. The van der Waals surface area contributed by atoms with Crippen LogP contribution in [0.2, 0.25) is 5.02 Å². The summed E-state index contributed by atoms with van der Waals surface area (Å²) in [6.07, 6.45) is 1.67. The van der Waals surface area contributed by atoms with E-state index in [9.17, 15) is 4.39 Å². The molecule has 0 spiro atoms. The third-order valence-electron chi connectivity index (χ3n) is 2.54. The fourth-order valence-electron chi connectivity index (χ4n) is 1.80. The second-order valence-electron chi connectivity index (χ2n) is 3.81. The summed E-state index contributed by atoms with van der Waals surface area (Å²) in [7, 11) is 3.66. The first-order valence-electron chi connectivity index (χ1n) is 5.23. The maximum Gasteiger partial charge on any atom is 0.132 e. The lowest BCUT2D eigenvalue weighted by molar-refractivity contribution is 0.629. The first-order valence-corrected chi connectivity index (χ1v) is 5.61. The number of aromatic nitrogens is 2. The van der Waals surface area contributed by atoms with Crippen LogP contribution in [-0.4, -0.2) is 16.6 Å². The topological polar surface area (TPSA) is 29.9 Å². The second kappa shape index (κ2) is 4.85. The van der Waals surface area contributed by atoms with Crippen molar-refractivity contribution in [3.05, 3.63) is 41.1 Å². The maximum absolute atomic E-state index is 13.8. The standard InChI is InChI=1S/C12H13ClFN3/c1-15-6-11-12(17(2)7-16-11)9-5-8(13)3-4-10(9)14/h3-5,7,15H,6H2,1-2H3. The lowest BCUT2D eigenvalue weighted by Crippen LogP contribution is -2.07. The largest absolute Gasteiger partial charge is 0.333 e. The van der Waals surface area contributed by atoms with E-state index >= 15 is 0 Å². The highest BCUT2D eigenvalue weighted by Crippen LogP contribution is 2.28. The highest BCUT2D eigenvalue weighted by Gasteiger charge is 2.14. The number of benzene rings is 1. The van der Waals surface area contributed by atoms with Gasteiger partial charge in [0.1, 0.15) is 5.82 Å². The molecule has 0 atom stereocenters. The molecule has 17 heavy (non-hydrogen) atoms. The molecular weight excluding hydrogens is 241 g/mol. The van der Waals surface area contributed by atoms with Crippen LogP contribution in [0.5, 0.6) is 0 Å². The van der Waals surface area contributed by atoms with E-state index in [4.69, 9.17) is 11.6 Å². The van der Waals surface area contributed by atoms with Crippen LogP contribution < -0.4 is 5.32 Å². The average molecular weight is 254 g/mol. The Hall–Kier alpha value is -1.39. The summed E-state index contributed by atoms with van der Waals surface area (Å²) in [5.74, 6) is -0.296. The fourth-order valence-corrected chi connectivity index (χ4v) is 1.97. The Balaban J connectivity index is 2.58. The minimum Gasteiger partial charge on any atom is -0.333 e. The summed E-state index contributed by atoms with van der Waals surface area (Å²) in [6.45, 7) is 0.585. The predicted octanol–water partition coefficient (Wildman–Crippen LogP) is 2.60. The highest BCUT2D eigenvalue weighted by molar-refractivity contribution is 6.30. The van der Waals surface area contributed by atoms with E-state index in [0.717, 1.165) is 11.4 Å². The number of imidazole rings is 1. The quantitative estimate of drug-likeness (QED) is 0.911. The Morgan fingerprint density at radius 3 is 2.94 bits per heavy atom. The molecule has 2 rings (SSSR count). The summed E-state index contributed by atoms with van der Waals surface area (Å²) < 4.78 is 15.6. The van der Waals surface area contributed by atoms with Gasteiger partial charge in [0.05, 0.1) is 17.7 Å². The molecule has 0 unspecified atom stereocenters. The Kier molecular flexibility index (Phi) is 3.45. The number of hydrogen-bond acceptors (Lipinski definition) is 2. The maximum atomic E-state index is 13.8. The number of aryl methyl sites for hydroxylation is 1. The summed E-state index contributed by atoms with van der Waals surface area (Å²) in [6, 6.07) is 4.52. The highest BCUT2D eigenvalue weighted by atomic mass is 35.5. The van der Waals surface area contributed by atoms with Crippen molar-refractivity contribution in [2.24, 2.45) is 7.05 Å². The van der Waals surface area contributed by atoms with E-state index in [1.165, 1.54) is 12.1 Å². The van der Waals surface area contributed by atoms with E-state index < -0.39 is 0 Å². The molecule has 0 aliphatic carbocycles. The van der Waals surface area contributed by atoms with Crippen molar-refractivity contribution in [3.63, 3.8) is 0 Å². The van der Waals surface area contributed by atoms with Crippen LogP contribution in [0, 0.1) is 5.82 Å². The van der Waals surface area contributed by atoms with Crippen molar-refractivity contribution in [2.75, 3.05) is 7.05 Å². The Morgan fingerprint density at radius 2 is 2.24 bits per heavy atom. The van der Waals surface area contributed by atoms with Crippen molar-refractivity contribution in [1.29, 1.82) is 0 Å². The molecule has 3 nitrogen and oxygen atoms in total. The van der Waals surface area contributed by atoms with Gasteiger partial charge >= 0.3 is 0 Å². The van der Waals surface area contributed by atoms with Crippen LogP contribution in [0.3, 0.4) is 0 Å². The van der Waals surface area contributed by atoms with Crippen LogP contribution in [0.15, 0.2) is 24.5 Å². The normalized spacial score (nSPS) is 10.8. The van der Waals surface area contributed by atoms with Gasteiger partial charge in [0.15, 0.2) is 0 Å². The van der Waals surface area contributed by atoms with Gasteiger partial charge < -0.3 is 9.88 Å². The molecule has 1 aromatic heterocycles. The zero-order valence-corrected chi connectivity index (χ0v) is 10.4. The van der Waals surface area contributed by atoms with E-state index in [-0.39, 0.29) is 5.82 Å². The van der Waals surface area contributed by atoms with E-state index in [0.29, 0.717) is 17.1 Å². The molecule has 2 aromatic rings. The van der Waals surface area contributed by atoms with Crippen molar-refractivity contribution < 1.29 is 4.39 Å². The van der Waals surface area contributed by atoms with Crippen LogP contribution >= 0.6 is 11.6 Å². The fraction of sp³-hybridized carbons (Fsp3) is 0.250. The first kappa shape index (κ1) is 12.1. The van der Waals surface area contributed by atoms with Gasteiger partial charge in [0, 0.05) is 24.2 Å². The summed E-state index contributed by atoms with van der Waals surface area (Å²) in [5, 5.41) is 3.52. The number of nitrogens with zero attached hydrogens (tertiary/aromatic N) is 2. The number of rotatable bonds is 3. The summed E-state index contributed by atoms with van der Waals surface area (Å²) in [4.78, 5) is 4.24. The van der Waals surface area contributed by atoms with E-state index in [1.54, 1.807) is 17.0 Å². The lowest BCUT2D eigenvalue weighted by Gasteiger charge is -2.08. The first-order chi connectivity index (χ1) is 8.13. The van der Waals surface area contributed by atoms with Gasteiger partial charge in [0.25, 0.3) is 0 Å². The molecule has 5 heteroatoms. The SMILES string of the molecule is CNCc1ncn(C)c1-c1cc(Cl)ccc1F. The van der Waals surface area contributed by atoms with Crippen LogP contribution in [0.1, 0.15) is 5.69 Å². The summed E-state index contributed by atoms with van der Waals surface area (Å²) >= 11 is 5.90. The molecule has 0 fully saturated rings. The van der Waals surface area contributed by atoms with E-state index in [1.807, 2.05) is 14.1 Å². The molecule has 0 bridgehead atoms. The van der Waals surface area contributed by atoms with Gasteiger partial charge in [-0.25, -0.2) is 9.37 Å². The molecule has 1 aromatic carbocycles. The molecule has 1 heterocycles. The van der Waals surface area contributed by atoms with Crippen LogP contribution in [0.4, 0.5) is 4.39 Å². The number of halogens is 2. The van der Waals surface area contributed by atoms with Crippen LogP contribution in [0.25, 0.3) is 11.3 Å². The van der Waals surface area contributed by atoms with Gasteiger partial charge in [-0.1, -0.05) is 11.6 Å². The van der Waals surface area contributed by atoms with Crippen molar-refractivity contribution in [3.8, 4) is 11.3 Å². The predicted molar refractivity (Wildman–Crippen MR) is 66.4 cm³/mol. The van der Waals surface area contributed by atoms with Gasteiger partial charge in [-0.2, -0.15) is 0 Å². The zero-order chi connectivity index (χ0) is 12.4. The smallest absolute Gasteiger partial charge is 0.132 e. The Labute approximate surface area is 104 Å². The van der Waals surface area contributed by atoms with Gasteiger partial charge in [0.2, 0.25) is 0 Å². The van der Waals surface area contributed by atoms with Gasteiger partial charge in [-0.3, -0.25) is 0 Å². The zero-order valence-electron chi connectivity index (χ0n) is 9.67. The molecule has 0 radical (unpaired) electrons. The molecule has 0 amide bonds. The van der Waals surface area contributed by atoms with Crippen molar-refractivity contribution in [1.82, 2.24) is 14.9 Å². The average Bonchev–Trinajstić information content (AvgIpc) is 2.64.